The van der Waals surface area contributed by atoms with Gasteiger partial charge in [0.25, 0.3) is 0 Å². The molecule has 0 bridgehead atoms. The third kappa shape index (κ3) is 6.68. The summed E-state index contributed by atoms with van der Waals surface area (Å²) in [6, 6.07) is -3.52. The minimum Gasteiger partial charge on any atom is -0.394 e. The summed E-state index contributed by atoms with van der Waals surface area (Å²) in [5, 5.41) is 24.4. The van der Waals surface area contributed by atoms with Gasteiger partial charge in [0.2, 0.25) is 23.6 Å². The number of carbonyl (C=O) groups is 4. The second kappa shape index (κ2) is 8.87. The van der Waals surface area contributed by atoms with Crippen molar-refractivity contribution in [1.29, 1.82) is 0 Å². The van der Waals surface area contributed by atoms with Crippen LogP contribution in [0.15, 0.2) is 0 Å². The zero-order valence-electron chi connectivity index (χ0n) is 11.8. The van der Waals surface area contributed by atoms with Crippen molar-refractivity contribution in [2.24, 2.45) is 5.73 Å². The second-order valence-corrected chi connectivity index (χ2v) is 4.31. The third-order valence-electron chi connectivity index (χ3n) is 2.47. The molecule has 0 aromatic heterocycles. The topological polar surface area (TPSA) is 171 Å². The lowest BCUT2D eigenvalue weighted by atomic mass is 10.2. The summed E-state index contributed by atoms with van der Waals surface area (Å²) in [6.45, 7) is 1.18. The lowest BCUT2D eigenvalue weighted by Gasteiger charge is -2.20. The molecule has 0 aliphatic rings. The van der Waals surface area contributed by atoms with Crippen molar-refractivity contribution in [2.75, 3.05) is 13.2 Å². The fraction of sp³-hybridized carbons (Fsp3) is 0.636. The molecule has 120 valence electrons. The highest BCUT2D eigenvalue weighted by Crippen LogP contribution is 1.90. The van der Waals surface area contributed by atoms with Crippen LogP contribution in [0.25, 0.3) is 0 Å². The van der Waals surface area contributed by atoms with Gasteiger partial charge in [0.15, 0.2) is 0 Å². The fourth-order valence-electron chi connectivity index (χ4n) is 1.32. The van der Waals surface area contributed by atoms with Crippen LogP contribution < -0.4 is 21.7 Å². The smallest absolute Gasteiger partial charge is 0.245 e. The Kier molecular flexibility index (Phi) is 7.94. The van der Waals surface area contributed by atoms with E-state index in [1.165, 1.54) is 13.8 Å². The van der Waals surface area contributed by atoms with Crippen molar-refractivity contribution in [3.8, 4) is 0 Å². The molecule has 10 nitrogen and oxygen atoms in total. The Morgan fingerprint density at radius 3 is 1.86 bits per heavy atom. The van der Waals surface area contributed by atoms with E-state index in [1.54, 1.807) is 0 Å². The molecule has 21 heavy (non-hydrogen) atoms. The molecule has 10 heteroatoms. The van der Waals surface area contributed by atoms with E-state index < -0.39 is 55.0 Å². The molecular weight excluding hydrogens is 284 g/mol. The molecule has 0 radical (unpaired) electrons. The maximum atomic E-state index is 11.7. The van der Waals surface area contributed by atoms with Crippen molar-refractivity contribution in [3.05, 3.63) is 0 Å². The fourth-order valence-corrected chi connectivity index (χ4v) is 1.32. The van der Waals surface area contributed by atoms with Crippen LogP contribution in [0.4, 0.5) is 0 Å². The molecule has 0 heterocycles. The number of nitrogens with two attached hydrogens (primary N) is 1. The molecule has 0 unspecified atom stereocenters. The maximum Gasteiger partial charge on any atom is 0.245 e. The van der Waals surface area contributed by atoms with Crippen LogP contribution in [0.1, 0.15) is 13.8 Å². The van der Waals surface area contributed by atoms with Gasteiger partial charge in [-0.25, -0.2) is 0 Å². The van der Waals surface area contributed by atoms with Crippen molar-refractivity contribution in [2.45, 2.75) is 32.0 Å². The van der Waals surface area contributed by atoms with Crippen molar-refractivity contribution >= 4 is 23.6 Å². The summed E-state index contributed by atoms with van der Waals surface area (Å²) in [7, 11) is 0. The van der Waals surface area contributed by atoms with E-state index in [1.807, 2.05) is 0 Å². The minimum absolute atomic E-state index is 0.518. The quantitative estimate of drug-likeness (QED) is 0.266. The molecule has 4 amide bonds. The van der Waals surface area contributed by atoms with Gasteiger partial charge < -0.3 is 31.9 Å². The number of amides is 4. The first kappa shape index (κ1) is 18.8. The molecule has 3 atom stereocenters. The Balaban J connectivity index is 4.55. The number of carbonyl (C=O) groups excluding carboxylic acids is 4. The van der Waals surface area contributed by atoms with Crippen molar-refractivity contribution in [1.82, 2.24) is 16.0 Å². The lowest BCUT2D eigenvalue weighted by molar-refractivity contribution is -0.133. The number of primary amides is 1. The van der Waals surface area contributed by atoms with Gasteiger partial charge in [0, 0.05) is 6.92 Å². The van der Waals surface area contributed by atoms with Crippen molar-refractivity contribution < 1.29 is 29.4 Å². The predicted octanol–water partition coefficient (Wildman–Crippen LogP) is -4.05. The van der Waals surface area contributed by atoms with Gasteiger partial charge in [-0.05, 0) is 6.92 Å². The van der Waals surface area contributed by atoms with Gasteiger partial charge >= 0.3 is 0 Å². The average Bonchev–Trinajstić information content (AvgIpc) is 2.40. The first-order chi connectivity index (χ1) is 9.72. The monoisotopic (exact) mass is 304 g/mol. The van der Waals surface area contributed by atoms with Crippen LogP contribution in [0, 0.1) is 0 Å². The van der Waals surface area contributed by atoms with E-state index in [4.69, 9.17) is 15.9 Å². The highest BCUT2D eigenvalue weighted by molar-refractivity contribution is 5.93. The first-order valence-corrected chi connectivity index (χ1v) is 6.11. The van der Waals surface area contributed by atoms with E-state index in [2.05, 4.69) is 16.0 Å². The molecule has 0 aliphatic carbocycles. The number of rotatable bonds is 8. The normalized spacial score (nSPS) is 14.5. The van der Waals surface area contributed by atoms with Crippen LogP contribution in [0.3, 0.4) is 0 Å². The Morgan fingerprint density at radius 1 is 0.952 bits per heavy atom. The summed E-state index contributed by atoms with van der Waals surface area (Å²) >= 11 is 0. The van der Waals surface area contributed by atoms with Crippen LogP contribution in [-0.4, -0.2) is 65.2 Å². The Morgan fingerprint density at radius 2 is 1.48 bits per heavy atom. The summed E-state index contributed by atoms with van der Waals surface area (Å²) < 4.78 is 0. The van der Waals surface area contributed by atoms with Crippen LogP contribution in [0.2, 0.25) is 0 Å². The molecule has 0 aromatic carbocycles. The summed E-state index contributed by atoms with van der Waals surface area (Å²) in [5.41, 5.74) is 4.94. The number of aliphatic hydroxyl groups is 2. The van der Waals surface area contributed by atoms with E-state index in [-0.39, 0.29) is 0 Å². The molecule has 0 saturated heterocycles. The Bertz CT molecular complexity index is 414. The standard InChI is InChI=1S/C11H20N4O6/c1-5(10(20)15-7(3-16)9(12)19)13-11(21)8(4-17)14-6(2)18/h5,7-8,16-17H,3-4H2,1-2H3,(H2,12,19)(H,13,21)(H,14,18)(H,15,20)/t5-,7-,8-/m0/s1. The number of hydrogen-bond acceptors (Lipinski definition) is 6. The van der Waals surface area contributed by atoms with Crippen LogP contribution in [-0.2, 0) is 19.2 Å². The van der Waals surface area contributed by atoms with Gasteiger partial charge in [-0.2, -0.15) is 0 Å². The maximum absolute atomic E-state index is 11.7. The van der Waals surface area contributed by atoms with E-state index in [0.29, 0.717) is 0 Å². The lowest BCUT2D eigenvalue weighted by Crippen LogP contribution is -2.56. The predicted molar refractivity (Wildman–Crippen MR) is 70.5 cm³/mol. The SMILES string of the molecule is CC(=O)N[C@@H](CO)C(=O)N[C@@H](C)C(=O)N[C@@H](CO)C(N)=O. The summed E-state index contributed by atoms with van der Waals surface area (Å²) in [4.78, 5) is 45.1. The molecule has 0 aliphatic heterocycles. The number of hydrogen-bond donors (Lipinski definition) is 6. The van der Waals surface area contributed by atoms with Gasteiger partial charge in [0.05, 0.1) is 13.2 Å². The van der Waals surface area contributed by atoms with Crippen molar-refractivity contribution in [3.63, 3.8) is 0 Å². The minimum atomic E-state index is -1.26. The van der Waals surface area contributed by atoms with Gasteiger partial charge in [-0.1, -0.05) is 0 Å². The number of nitrogens with one attached hydrogen (secondary N) is 3. The van der Waals surface area contributed by atoms with E-state index in [0.717, 1.165) is 0 Å². The van der Waals surface area contributed by atoms with E-state index >= 15 is 0 Å². The molecule has 7 N–H and O–H groups in total. The summed E-state index contributed by atoms with van der Waals surface area (Å²) in [6.07, 6.45) is 0. The van der Waals surface area contributed by atoms with Crippen LogP contribution >= 0.6 is 0 Å². The third-order valence-corrected chi connectivity index (χ3v) is 2.47. The molecule has 0 saturated carbocycles. The number of aliphatic hydroxyl groups excluding tert-OH is 2. The largest absolute Gasteiger partial charge is 0.394 e. The Labute approximate surface area is 121 Å². The van der Waals surface area contributed by atoms with Gasteiger partial charge in [-0.15, -0.1) is 0 Å². The molecule has 0 rings (SSSR count). The van der Waals surface area contributed by atoms with Gasteiger partial charge in [0.1, 0.15) is 18.1 Å². The molecule has 0 fully saturated rings. The summed E-state index contributed by atoms with van der Waals surface area (Å²) in [5.74, 6) is -2.96. The second-order valence-electron chi connectivity index (χ2n) is 4.31. The van der Waals surface area contributed by atoms with Gasteiger partial charge in [-0.3, -0.25) is 19.2 Å². The highest BCUT2D eigenvalue weighted by Gasteiger charge is 2.25. The first-order valence-electron chi connectivity index (χ1n) is 6.11. The van der Waals surface area contributed by atoms with E-state index in [9.17, 15) is 19.2 Å². The zero-order valence-corrected chi connectivity index (χ0v) is 11.8. The highest BCUT2D eigenvalue weighted by atomic mass is 16.3. The Hall–Kier alpha value is -2.20. The molecule has 0 aromatic rings. The molecular formula is C11H20N4O6. The average molecular weight is 304 g/mol. The molecule has 0 spiro atoms. The zero-order chi connectivity index (χ0) is 16.6. The van der Waals surface area contributed by atoms with Crippen LogP contribution in [0.5, 0.6) is 0 Å².